The van der Waals surface area contributed by atoms with Gasteiger partial charge in [-0.3, -0.25) is 4.79 Å². The largest absolute Gasteiger partial charge is 0.420 e. The first-order valence-corrected chi connectivity index (χ1v) is 10.2. The Morgan fingerprint density at radius 2 is 1.91 bits per heavy atom. The van der Waals surface area contributed by atoms with Gasteiger partial charge in [-0.25, -0.2) is 14.5 Å². The minimum atomic E-state index is -4.73. The predicted molar refractivity (Wildman–Crippen MR) is 111 cm³/mol. The second kappa shape index (κ2) is 7.24. The molecule has 0 fully saturated rings. The lowest BCUT2D eigenvalue weighted by atomic mass is 9.88. The first-order valence-electron chi connectivity index (χ1n) is 9.84. The highest BCUT2D eigenvalue weighted by Crippen LogP contribution is 2.46. The van der Waals surface area contributed by atoms with E-state index in [4.69, 9.17) is 11.6 Å². The van der Waals surface area contributed by atoms with Gasteiger partial charge in [0.1, 0.15) is 5.56 Å². The number of carbonyl (C=O) groups excluding carboxylic acids is 1. The SMILES string of the molecule is CC1(C)CC(C(=O)Nc2cnc(-n3nccn3)c(C(F)(F)F)c2)c2cnc3cc(Cl)nn3c21. The van der Waals surface area contributed by atoms with Crippen molar-refractivity contribution < 1.29 is 18.0 Å². The average molecular weight is 477 g/mol. The zero-order valence-corrected chi connectivity index (χ0v) is 18.1. The first-order chi connectivity index (χ1) is 15.5. The van der Waals surface area contributed by atoms with Gasteiger partial charge in [-0.05, 0) is 12.5 Å². The van der Waals surface area contributed by atoms with Crippen LogP contribution >= 0.6 is 11.6 Å². The predicted octanol–water partition coefficient (Wildman–Crippen LogP) is 3.78. The number of anilines is 1. The molecule has 1 aliphatic rings. The van der Waals surface area contributed by atoms with E-state index in [-0.39, 0.29) is 10.8 Å². The molecule has 170 valence electrons. The van der Waals surface area contributed by atoms with E-state index < -0.39 is 34.8 Å². The summed E-state index contributed by atoms with van der Waals surface area (Å²) >= 11 is 6.02. The number of hydrogen-bond acceptors (Lipinski definition) is 6. The summed E-state index contributed by atoms with van der Waals surface area (Å²) in [7, 11) is 0. The van der Waals surface area contributed by atoms with Gasteiger partial charge in [-0.15, -0.1) is 4.80 Å². The van der Waals surface area contributed by atoms with Gasteiger partial charge in [0, 0.05) is 23.2 Å². The standard InChI is InChI=1S/C20H16ClF3N8O/c1-19(2)7-11(12-9-25-15-6-14(21)30-31(15)16(12)19)18(33)29-10-5-13(20(22,23)24)17(26-8-10)32-27-3-4-28-32/h3-6,8-9,11H,7H2,1-2H3,(H,29,33). The third-order valence-corrected chi connectivity index (χ3v) is 5.76. The molecule has 1 unspecified atom stereocenters. The van der Waals surface area contributed by atoms with Gasteiger partial charge in [-0.2, -0.15) is 28.5 Å². The molecule has 0 spiro atoms. The molecule has 1 atom stereocenters. The van der Waals surface area contributed by atoms with Crippen molar-refractivity contribution in [3.63, 3.8) is 0 Å². The number of nitrogens with one attached hydrogen (secondary N) is 1. The topological polar surface area (TPSA) is 103 Å². The molecule has 4 heterocycles. The van der Waals surface area contributed by atoms with Crippen molar-refractivity contribution in [2.24, 2.45) is 0 Å². The lowest BCUT2D eigenvalue weighted by Gasteiger charge is -2.19. The minimum absolute atomic E-state index is 0.0920. The molecule has 0 bridgehead atoms. The number of carbonyl (C=O) groups is 1. The summed E-state index contributed by atoms with van der Waals surface area (Å²) in [6.45, 7) is 3.92. The average Bonchev–Trinajstić information content (AvgIpc) is 3.44. The Morgan fingerprint density at radius 3 is 2.61 bits per heavy atom. The number of aromatic nitrogens is 7. The Labute approximate surface area is 189 Å². The fourth-order valence-electron chi connectivity index (χ4n) is 4.25. The van der Waals surface area contributed by atoms with E-state index in [1.165, 1.54) is 12.4 Å². The van der Waals surface area contributed by atoms with Crippen molar-refractivity contribution in [3.8, 4) is 5.82 Å². The molecule has 0 aromatic carbocycles. The van der Waals surface area contributed by atoms with Gasteiger partial charge in [0.05, 0.1) is 35.9 Å². The van der Waals surface area contributed by atoms with Crippen molar-refractivity contribution in [1.29, 1.82) is 0 Å². The fraction of sp³-hybridized carbons (Fsp3) is 0.300. The first kappa shape index (κ1) is 21.3. The van der Waals surface area contributed by atoms with Crippen LogP contribution in [0.15, 0.2) is 36.9 Å². The summed E-state index contributed by atoms with van der Waals surface area (Å²) in [5, 5.41) is 14.5. The molecule has 1 aliphatic carbocycles. The van der Waals surface area contributed by atoms with Crippen LogP contribution in [-0.4, -0.2) is 40.5 Å². The second-order valence-electron chi connectivity index (χ2n) is 8.34. The summed E-state index contributed by atoms with van der Waals surface area (Å²) in [4.78, 5) is 22.1. The van der Waals surface area contributed by atoms with E-state index >= 15 is 0 Å². The number of alkyl halides is 3. The number of fused-ring (bicyclic) bond motifs is 3. The van der Waals surface area contributed by atoms with Crippen LogP contribution in [0.4, 0.5) is 18.9 Å². The molecule has 0 aliphatic heterocycles. The van der Waals surface area contributed by atoms with Crippen LogP contribution < -0.4 is 5.32 Å². The molecule has 0 saturated heterocycles. The van der Waals surface area contributed by atoms with Crippen molar-refractivity contribution in [2.75, 3.05) is 5.32 Å². The van der Waals surface area contributed by atoms with Crippen LogP contribution in [0.25, 0.3) is 11.5 Å². The number of rotatable bonds is 3. The van der Waals surface area contributed by atoms with Crippen molar-refractivity contribution in [3.05, 3.63) is 58.9 Å². The smallest absolute Gasteiger partial charge is 0.324 e. The summed E-state index contributed by atoms with van der Waals surface area (Å²) < 4.78 is 42.6. The Bertz CT molecular complexity index is 1380. The Balaban J connectivity index is 1.49. The van der Waals surface area contributed by atoms with E-state index in [0.717, 1.165) is 22.8 Å². The zero-order valence-electron chi connectivity index (χ0n) is 17.3. The number of halogens is 4. The normalized spacial score (nSPS) is 17.3. The van der Waals surface area contributed by atoms with Crippen LogP contribution in [0, 0.1) is 0 Å². The highest BCUT2D eigenvalue weighted by Gasteiger charge is 2.43. The Morgan fingerprint density at radius 1 is 1.18 bits per heavy atom. The molecule has 33 heavy (non-hydrogen) atoms. The van der Waals surface area contributed by atoms with Gasteiger partial charge < -0.3 is 5.32 Å². The second-order valence-corrected chi connectivity index (χ2v) is 8.73. The lowest BCUT2D eigenvalue weighted by molar-refractivity contribution is -0.137. The maximum atomic E-state index is 13.7. The van der Waals surface area contributed by atoms with Crippen molar-refractivity contribution >= 4 is 28.8 Å². The van der Waals surface area contributed by atoms with E-state index in [9.17, 15) is 18.0 Å². The number of hydrogen-bond donors (Lipinski definition) is 1. The Kier molecular flexibility index (Phi) is 4.67. The third kappa shape index (κ3) is 3.59. The van der Waals surface area contributed by atoms with Gasteiger partial charge in [0.15, 0.2) is 16.6 Å². The zero-order chi connectivity index (χ0) is 23.5. The third-order valence-electron chi connectivity index (χ3n) is 5.58. The highest BCUT2D eigenvalue weighted by atomic mass is 35.5. The van der Waals surface area contributed by atoms with Crippen molar-refractivity contribution in [2.45, 2.75) is 37.8 Å². The van der Waals surface area contributed by atoms with E-state index in [0.29, 0.717) is 17.6 Å². The maximum absolute atomic E-state index is 13.7. The number of amides is 1. The molecule has 4 aromatic rings. The van der Waals surface area contributed by atoms with Gasteiger partial charge in [0.2, 0.25) is 5.91 Å². The summed E-state index contributed by atoms with van der Waals surface area (Å²) in [6.07, 6.45) is 0.910. The van der Waals surface area contributed by atoms with Gasteiger partial charge in [-0.1, -0.05) is 25.4 Å². The van der Waals surface area contributed by atoms with Crippen LogP contribution in [0.5, 0.6) is 0 Å². The maximum Gasteiger partial charge on any atom is 0.420 e. The number of nitrogens with zero attached hydrogens (tertiary/aromatic N) is 7. The molecule has 0 saturated carbocycles. The summed E-state index contributed by atoms with van der Waals surface area (Å²) in [5.41, 5.74) is 0.372. The minimum Gasteiger partial charge on any atom is -0.324 e. The van der Waals surface area contributed by atoms with Crippen LogP contribution in [0.3, 0.4) is 0 Å². The molecular weight excluding hydrogens is 461 g/mol. The fourth-order valence-corrected chi connectivity index (χ4v) is 4.42. The van der Waals surface area contributed by atoms with Gasteiger partial charge >= 0.3 is 6.18 Å². The van der Waals surface area contributed by atoms with Crippen LogP contribution in [0.1, 0.15) is 43.0 Å². The quantitative estimate of drug-likeness (QED) is 0.482. The number of pyridine rings is 1. The van der Waals surface area contributed by atoms with E-state index in [1.54, 1.807) is 16.8 Å². The van der Waals surface area contributed by atoms with Gasteiger partial charge in [0.25, 0.3) is 0 Å². The molecule has 9 nitrogen and oxygen atoms in total. The monoisotopic (exact) mass is 476 g/mol. The Hall–Kier alpha value is -3.54. The molecule has 4 aromatic heterocycles. The van der Waals surface area contributed by atoms with Crippen molar-refractivity contribution in [1.82, 2.24) is 34.6 Å². The van der Waals surface area contributed by atoms with Crippen LogP contribution in [0.2, 0.25) is 5.15 Å². The molecule has 5 rings (SSSR count). The lowest BCUT2D eigenvalue weighted by Crippen LogP contribution is -2.22. The van der Waals surface area contributed by atoms with E-state index in [1.807, 2.05) is 13.8 Å². The highest BCUT2D eigenvalue weighted by molar-refractivity contribution is 6.29. The molecule has 1 amide bonds. The molecule has 1 N–H and O–H groups in total. The molecular formula is C20H16ClF3N8O. The summed E-state index contributed by atoms with van der Waals surface area (Å²) in [6, 6.07) is 2.44. The molecule has 13 heteroatoms. The molecule has 0 radical (unpaired) electrons. The van der Waals surface area contributed by atoms with E-state index in [2.05, 4.69) is 30.6 Å². The summed E-state index contributed by atoms with van der Waals surface area (Å²) in [5.74, 6) is -1.60. The van der Waals surface area contributed by atoms with Crippen LogP contribution in [-0.2, 0) is 16.4 Å².